The number of rotatable bonds is 7. The van der Waals surface area contributed by atoms with E-state index in [1.807, 2.05) is 23.9 Å². The van der Waals surface area contributed by atoms with Crippen molar-refractivity contribution in [1.82, 2.24) is 0 Å². The van der Waals surface area contributed by atoms with Crippen molar-refractivity contribution in [3.05, 3.63) is 54.5 Å². The van der Waals surface area contributed by atoms with Gasteiger partial charge < -0.3 is 0 Å². The molecule has 1 aromatic carbocycles. The maximum atomic E-state index is 5.93. The molecule has 2 aromatic rings. The van der Waals surface area contributed by atoms with Crippen molar-refractivity contribution in [1.29, 1.82) is 0 Å². The molecule has 5 heteroatoms. The van der Waals surface area contributed by atoms with Crippen LogP contribution in [0.1, 0.15) is 12.0 Å². The van der Waals surface area contributed by atoms with Crippen molar-refractivity contribution < 1.29 is 25.0 Å². The van der Waals surface area contributed by atoms with Crippen LogP contribution in [0, 0.1) is 11.5 Å². The van der Waals surface area contributed by atoms with Crippen LogP contribution >= 0.6 is 11.8 Å². The normalized spacial score (nSPS) is 12.3. The molecule has 1 heterocycles. The van der Waals surface area contributed by atoms with Crippen LogP contribution in [-0.4, -0.2) is 24.5 Å². The molecule has 0 fully saturated rings. The van der Waals surface area contributed by atoms with Crippen molar-refractivity contribution >= 4 is 24.4 Å². The van der Waals surface area contributed by atoms with E-state index in [2.05, 4.69) is 71.2 Å². The summed E-state index contributed by atoms with van der Waals surface area (Å²) in [7, 11) is -1.34. The van der Waals surface area contributed by atoms with Gasteiger partial charge in [0.05, 0.1) is 0 Å². The Morgan fingerprint density at radius 2 is 2.00 bits per heavy atom. The molecule has 1 unspecified atom stereocenters. The summed E-state index contributed by atoms with van der Waals surface area (Å²) in [5.74, 6) is 3.38. The standard InChI is InChI=1S/C19H22O2SSi.Cr/c1-23(2,3)13-7-10-19(22-18-8-5-4-6-9-18)16-21-15-17-11-12-20-14-17;/h4-6,8-9,11-12,14,19H,10,16H2,1-3H3;. The van der Waals surface area contributed by atoms with Crippen molar-refractivity contribution in [3.63, 3.8) is 0 Å². The molecule has 1 aromatic heterocycles. The quantitative estimate of drug-likeness (QED) is 0.384. The summed E-state index contributed by atoms with van der Waals surface area (Å²) in [4.78, 5) is 1.24. The number of hydrogen-bond donors (Lipinski definition) is 0. The Morgan fingerprint density at radius 3 is 2.62 bits per heavy atom. The van der Waals surface area contributed by atoms with Crippen LogP contribution in [-0.2, 0) is 20.6 Å². The van der Waals surface area contributed by atoms with Gasteiger partial charge >= 0.3 is 158 Å². The fourth-order valence-electron chi connectivity index (χ4n) is 1.89. The van der Waals surface area contributed by atoms with E-state index >= 15 is 0 Å². The van der Waals surface area contributed by atoms with E-state index in [4.69, 9.17) is 9.15 Å². The van der Waals surface area contributed by atoms with Gasteiger partial charge in [0.2, 0.25) is 0 Å². The molecule has 0 saturated heterocycles. The van der Waals surface area contributed by atoms with Gasteiger partial charge in [-0.25, -0.2) is 0 Å². The van der Waals surface area contributed by atoms with Crippen LogP contribution in [0.5, 0.6) is 0 Å². The Hall–Kier alpha value is -1.01. The van der Waals surface area contributed by atoms with E-state index in [0.29, 0.717) is 6.61 Å². The maximum absolute atomic E-state index is 5.93. The molecular weight excluding hydrogens is 372 g/mol. The summed E-state index contributed by atoms with van der Waals surface area (Å²) in [5, 5.41) is 0.284. The van der Waals surface area contributed by atoms with Gasteiger partial charge in [0.1, 0.15) is 0 Å². The van der Waals surface area contributed by atoms with Crippen LogP contribution in [0.15, 0.2) is 58.2 Å². The number of furan rings is 1. The van der Waals surface area contributed by atoms with Crippen LogP contribution in [0.4, 0.5) is 0 Å². The van der Waals surface area contributed by atoms with Gasteiger partial charge in [-0.05, 0) is 0 Å². The molecule has 0 saturated carbocycles. The Labute approximate surface area is 158 Å². The van der Waals surface area contributed by atoms with Gasteiger partial charge in [-0.1, -0.05) is 0 Å². The Kier molecular flexibility index (Phi) is 7.62. The fourth-order valence-corrected chi connectivity index (χ4v) is 3.81. The zero-order valence-corrected chi connectivity index (χ0v) is 17.3. The van der Waals surface area contributed by atoms with Crippen molar-refractivity contribution in [2.45, 2.75) is 36.2 Å². The summed E-state index contributed by atoms with van der Waals surface area (Å²) in [6.07, 6.45) is 4.14. The topological polar surface area (TPSA) is 22.4 Å². The first-order valence-electron chi connectivity index (χ1n) is 7.85. The molecular formula is C19H22CrO2SSi. The van der Waals surface area contributed by atoms with Gasteiger partial charge in [0, 0.05) is 0 Å². The van der Waals surface area contributed by atoms with Gasteiger partial charge in [0.25, 0.3) is 0 Å². The Bertz CT molecular complexity index is 696. The molecule has 0 spiro atoms. The van der Waals surface area contributed by atoms with Crippen LogP contribution in [0.25, 0.3) is 0 Å². The van der Waals surface area contributed by atoms with E-state index in [-0.39, 0.29) is 5.25 Å². The number of ether oxygens (including phenoxy) is 1. The molecule has 2 rings (SSSR count). The van der Waals surface area contributed by atoms with Crippen LogP contribution in [0.2, 0.25) is 19.6 Å². The summed E-state index contributed by atoms with van der Waals surface area (Å²) in [6, 6.07) is 12.3. The molecule has 0 amide bonds. The molecule has 0 aliphatic heterocycles. The predicted molar refractivity (Wildman–Crippen MR) is 101 cm³/mol. The third-order valence-electron chi connectivity index (χ3n) is 3.00. The van der Waals surface area contributed by atoms with E-state index in [9.17, 15) is 0 Å². The average molecular weight is 395 g/mol. The first kappa shape index (κ1) is 19.3. The van der Waals surface area contributed by atoms with Crippen molar-refractivity contribution in [3.8, 4) is 11.5 Å². The SMILES string of the molecule is C[Si](C)(C)C#CCC(CO[C](=[Cr])c1ccoc1)Sc1ccccc1. The number of hydrogen-bond acceptors (Lipinski definition) is 3. The zero-order valence-electron chi connectivity index (χ0n) is 14.2. The second kappa shape index (κ2) is 9.47. The van der Waals surface area contributed by atoms with Crippen molar-refractivity contribution in [2.24, 2.45) is 0 Å². The molecule has 0 N–H and O–H groups in total. The predicted octanol–water partition coefficient (Wildman–Crippen LogP) is 4.75. The summed E-state index contributed by atoms with van der Waals surface area (Å²) >= 11 is 4.79. The van der Waals surface area contributed by atoms with Gasteiger partial charge in [0.15, 0.2) is 0 Å². The van der Waals surface area contributed by atoms with Crippen LogP contribution < -0.4 is 0 Å². The van der Waals surface area contributed by atoms with E-state index < -0.39 is 8.07 Å². The Morgan fingerprint density at radius 1 is 1.25 bits per heavy atom. The minimum atomic E-state index is -1.34. The molecule has 0 radical (unpaired) electrons. The molecule has 24 heavy (non-hydrogen) atoms. The van der Waals surface area contributed by atoms with Gasteiger partial charge in [-0.3, -0.25) is 0 Å². The third-order valence-corrected chi connectivity index (χ3v) is 5.66. The summed E-state index contributed by atoms with van der Waals surface area (Å²) < 4.78 is 11.8. The van der Waals surface area contributed by atoms with Gasteiger partial charge in [-0.2, -0.15) is 0 Å². The number of thioether (sulfide) groups is 1. The Balaban J connectivity index is 1.98. The van der Waals surface area contributed by atoms with Crippen molar-refractivity contribution in [2.75, 3.05) is 6.61 Å². The second-order valence-electron chi connectivity index (χ2n) is 6.42. The fraction of sp³-hybridized carbons (Fsp3) is 0.316. The van der Waals surface area contributed by atoms with E-state index in [0.717, 1.165) is 16.6 Å². The first-order chi connectivity index (χ1) is 11.4. The molecule has 0 bridgehead atoms. The molecule has 126 valence electrons. The average Bonchev–Trinajstić information content (AvgIpc) is 3.06. The van der Waals surface area contributed by atoms with Crippen LogP contribution in [0.3, 0.4) is 0 Å². The minimum absolute atomic E-state index is 0.284. The first-order valence-corrected chi connectivity index (χ1v) is 12.9. The number of benzene rings is 1. The van der Waals surface area contributed by atoms with E-state index in [1.165, 1.54) is 4.90 Å². The molecule has 1 atom stereocenters. The van der Waals surface area contributed by atoms with E-state index in [1.54, 1.807) is 12.5 Å². The molecule has 0 aliphatic carbocycles. The third kappa shape index (κ3) is 7.26. The summed E-state index contributed by atoms with van der Waals surface area (Å²) in [5.41, 5.74) is 4.38. The second-order valence-corrected chi connectivity index (χ2v) is 13.1. The molecule has 2 nitrogen and oxygen atoms in total. The monoisotopic (exact) mass is 394 g/mol. The molecule has 0 aliphatic rings. The zero-order chi connectivity index (χ0) is 17.4. The van der Waals surface area contributed by atoms with Gasteiger partial charge in [-0.15, -0.1) is 0 Å². The summed E-state index contributed by atoms with van der Waals surface area (Å²) in [6.45, 7) is 7.40.